The lowest BCUT2D eigenvalue weighted by atomic mass is 9.84. The van der Waals surface area contributed by atoms with Gasteiger partial charge in [0.2, 0.25) is 0 Å². The standard InChI is InChI=1S/C16H30S/c1-4-7-15(6-3)16(8-5-2)11-12-17-13-14-9-10-14/h6,14-16H,3-5,7-13H2,1-2H3. The Bertz CT molecular complexity index is 196. The van der Waals surface area contributed by atoms with Crippen LogP contribution in [0.15, 0.2) is 12.7 Å². The second kappa shape index (κ2) is 9.08. The second-order valence-corrected chi connectivity index (χ2v) is 6.69. The topological polar surface area (TPSA) is 0 Å². The molecule has 1 heteroatoms. The summed E-state index contributed by atoms with van der Waals surface area (Å²) in [5.74, 6) is 5.53. The fourth-order valence-corrected chi connectivity index (χ4v) is 3.89. The lowest BCUT2D eigenvalue weighted by Gasteiger charge is -2.24. The fraction of sp³-hybridized carbons (Fsp3) is 0.875. The molecule has 0 spiro atoms. The zero-order valence-corrected chi connectivity index (χ0v) is 12.6. The van der Waals surface area contributed by atoms with Crippen LogP contribution in [-0.2, 0) is 0 Å². The number of allylic oxidation sites excluding steroid dienone is 1. The first-order chi connectivity index (χ1) is 8.31. The summed E-state index contributed by atoms with van der Waals surface area (Å²) in [6.45, 7) is 8.65. The van der Waals surface area contributed by atoms with Gasteiger partial charge in [0.05, 0.1) is 0 Å². The van der Waals surface area contributed by atoms with Crippen LogP contribution in [0.1, 0.15) is 58.8 Å². The molecule has 0 amide bonds. The molecule has 0 heterocycles. The highest BCUT2D eigenvalue weighted by Gasteiger charge is 2.21. The van der Waals surface area contributed by atoms with Gasteiger partial charge in [0, 0.05) is 0 Å². The van der Waals surface area contributed by atoms with Gasteiger partial charge in [-0.15, -0.1) is 6.58 Å². The van der Waals surface area contributed by atoms with Gasteiger partial charge in [-0.25, -0.2) is 0 Å². The molecule has 0 aromatic carbocycles. The molecule has 2 atom stereocenters. The summed E-state index contributed by atoms with van der Waals surface area (Å²) < 4.78 is 0. The van der Waals surface area contributed by atoms with Gasteiger partial charge in [-0.3, -0.25) is 0 Å². The third kappa shape index (κ3) is 6.55. The van der Waals surface area contributed by atoms with E-state index in [-0.39, 0.29) is 0 Å². The smallest absolute Gasteiger partial charge is 0.00391 e. The van der Waals surface area contributed by atoms with E-state index in [1.54, 1.807) is 0 Å². The Morgan fingerprint density at radius 3 is 2.41 bits per heavy atom. The Hall–Kier alpha value is 0.0900. The van der Waals surface area contributed by atoms with Crippen molar-refractivity contribution in [2.75, 3.05) is 11.5 Å². The van der Waals surface area contributed by atoms with Crippen LogP contribution in [0.5, 0.6) is 0 Å². The molecule has 2 unspecified atom stereocenters. The van der Waals surface area contributed by atoms with Crippen molar-refractivity contribution in [1.82, 2.24) is 0 Å². The summed E-state index contributed by atoms with van der Waals surface area (Å²) in [5.41, 5.74) is 0. The molecule has 1 rings (SSSR count). The zero-order chi connectivity index (χ0) is 12.5. The summed E-state index contributed by atoms with van der Waals surface area (Å²) in [7, 11) is 0. The SMILES string of the molecule is C=CC(CCC)C(CCC)CCSCC1CC1. The predicted octanol–water partition coefficient (Wildman–Crippen LogP) is 5.54. The molecule has 0 nitrogen and oxygen atoms in total. The number of hydrogen-bond acceptors (Lipinski definition) is 1. The van der Waals surface area contributed by atoms with E-state index in [2.05, 4.69) is 38.3 Å². The maximum absolute atomic E-state index is 4.04. The molecule has 1 saturated carbocycles. The lowest BCUT2D eigenvalue weighted by molar-refractivity contribution is 0.338. The molecule has 0 aromatic heterocycles. The van der Waals surface area contributed by atoms with Gasteiger partial charge in [0.25, 0.3) is 0 Å². The van der Waals surface area contributed by atoms with Crippen LogP contribution in [0.4, 0.5) is 0 Å². The van der Waals surface area contributed by atoms with E-state index in [1.165, 1.54) is 56.5 Å². The van der Waals surface area contributed by atoms with Crippen molar-refractivity contribution in [3.8, 4) is 0 Å². The third-order valence-corrected chi connectivity index (χ3v) is 5.10. The molecule has 0 bridgehead atoms. The Kier molecular flexibility index (Phi) is 8.09. The molecule has 100 valence electrons. The first-order valence-corrected chi connectivity index (χ1v) is 8.67. The summed E-state index contributed by atoms with van der Waals surface area (Å²) in [4.78, 5) is 0. The highest BCUT2D eigenvalue weighted by atomic mass is 32.2. The Balaban J connectivity index is 2.20. The second-order valence-electron chi connectivity index (χ2n) is 5.54. The Labute approximate surface area is 113 Å². The van der Waals surface area contributed by atoms with Crippen molar-refractivity contribution < 1.29 is 0 Å². The Morgan fingerprint density at radius 2 is 1.88 bits per heavy atom. The van der Waals surface area contributed by atoms with Gasteiger partial charge in [-0.1, -0.05) is 39.2 Å². The van der Waals surface area contributed by atoms with Crippen molar-refractivity contribution in [1.29, 1.82) is 0 Å². The van der Waals surface area contributed by atoms with Gasteiger partial charge in [-0.05, 0) is 54.9 Å². The van der Waals surface area contributed by atoms with Gasteiger partial charge < -0.3 is 0 Å². The van der Waals surface area contributed by atoms with Crippen LogP contribution in [0.25, 0.3) is 0 Å². The minimum atomic E-state index is 0.765. The van der Waals surface area contributed by atoms with Crippen LogP contribution in [0.2, 0.25) is 0 Å². The predicted molar refractivity (Wildman–Crippen MR) is 81.7 cm³/mol. The molecule has 17 heavy (non-hydrogen) atoms. The van der Waals surface area contributed by atoms with E-state index in [0.717, 1.165) is 17.8 Å². The minimum absolute atomic E-state index is 0.765. The first-order valence-electron chi connectivity index (χ1n) is 7.52. The maximum atomic E-state index is 4.04. The van der Waals surface area contributed by atoms with E-state index < -0.39 is 0 Å². The lowest BCUT2D eigenvalue weighted by Crippen LogP contribution is -2.13. The van der Waals surface area contributed by atoms with E-state index >= 15 is 0 Å². The van der Waals surface area contributed by atoms with E-state index in [9.17, 15) is 0 Å². The largest absolute Gasteiger partial charge is 0.162 e. The average Bonchev–Trinajstić information content (AvgIpc) is 3.14. The summed E-state index contributed by atoms with van der Waals surface area (Å²) in [6, 6.07) is 0. The molecular weight excluding hydrogens is 224 g/mol. The van der Waals surface area contributed by atoms with Gasteiger partial charge in [0.15, 0.2) is 0 Å². The normalized spacial score (nSPS) is 18.9. The molecule has 0 radical (unpaired) electrons. The van der Waals surface area contributed by atoms with Crippen LogP contribution in [0.3, 0.4) is 0 Å². The third-order valence-electron chi connectivity index (χ3n) is 3.87. The van der Waals surface area contributed by atoms with Crippen molar-refractivity contribution >= 4 is 11.8 Å². The van der Waals surface area contributed by atoms with E-state index in [0.29, 0.717) is 0 Å². The molecule has 0 aliphatic heterocycles. The number of rotatable bonds is 11. The van der Waals surface area contributed by atoms with E-state index in [1.807, 2.05) is 0 Å². The molecule has 1 aliphatic rings. The van der Waals surface area contributed by atoms with Gasteiger partial charge in [0.1, 0.15) is 0 Å². The molecule has 0 N–H and O–H groups in total. The highest BCUT2D eigenvalue weighted by Crippen LogP contribution is 2.34. The molecule has 0 saturated heterocycles. The monoisotopic (exact) mass is 254 g/mol. The number of hydrogen-bond donors (Lipinski definition) is 0. The molecule has 0 aromatic rings. The van der Waals surface area contributed by atoms with Crippen molar-refractivity contribution in [3.63, 3.8) is 0 Å². The summed E-state index contributed by atoms with van der Waals surface area (Å²) in [5, 5.41) is 0. The van der Waals surface area contributed by atoms with Crippen LogP contribution in [0, 0.1) is 17.8 Å². The quantitative estimate of drug-likeness (QED) is 0.345. The number of thioether (sulfide) groups is 1. The van der Waals surface area contributed by atoms with Crippen LogP contribution in [-0.4, -0.2) is 11.5 Å². The molecule has 1 aliphatic carbocycles. The summed E-state index contributed by atoms with van der Waals surface area (Å²) in [6.07, 6.45) is 12.0. The van der Waals surface area contributed by atoms with Crippen molar-refractivity contribution in [3.05, 3.63) is 12.7 Å². The molecular formula is C16H30S. The zero-order valence-electron chi connectivity index (χ0n) is 11.8. The van der Waals surface area contributed by atoms with Crippen LogP contribution >= 0.6 is 11.8 Å². The molecule has 1 fully saturated rings. The summed E-state index contributed by atoms with van der Waals surface area (Å²) >= 11 is 2.19. The minimum Gasteiger partial charge on any atom is -0.162 e. The maximum Gasteiger partial charge on any atom is -0.00391 e. The first kappa shape index (κ1) is 15.1. The highest BCUT2D eigenvalue weighted by molar-refractivity contribution is 7.99. The fourth-order valence-electron chi connectivity index (χ4n) is 2.59. The van der Waals surface area contributed by atoms with E-state index in [4.69, 9.17) is 0 Å². The van der Waals surface area contributed by atoms with Crippen molar-refractivity contribution in [2.24, 2.45) is 17.8 Å². The van der Waals surface area contributed by atoms with Gasteiger partial charge in [-0.2, -0.15) is 11.8 Å². The van der Waals surface area contributed by atoms with Crippen LogP contribution < -0.4 is 0 Å². The Morgan fingerprint density at radius 1 is 1.18 bits per heavy atom. The van der Waals surface area contributed by atoms with Crippen molar-refractivity contribution in [2.45, 2.75) is 58.8 Å². The average molecular weight is 254 g/mol. The van der Waals surface area contributed by atoms with Gasteiger partial charge >= 0.3 is 0 Å².